The predicted molar refractivity (Wildman–Crippen MR) is 122 cm³/mol. The molecular weight excluding hydrogens is 408 g/mol. The molecule has 0 unspecified atom stereocenters. The minimum atomic E-state index is -0.114. The minimum Gasteiger partial charge on any atom is -0.332 e. The van der Waals surface area contributed by atoms with Crippen LogP contribution in [0, 0.1) is 5.92 Å². The van der Waals surface area contributed by atoms with Crippen LogP contribution in [-0.4, -0.2) is 38.8 Å². The van der Waals surface area contributed by atoms with Crippen LogP contribution < -0.4 is 5.56 Å². The molecule has 5 rings (SSSR count). The summed E-state index contributed by atoms with van der Waals surface area (Å²) in [6.45, 7) is 3.21. The molecule has 4 heterocycles. The first-order valence-corrected chi connectivity index (χ1v) is 12.4. The molecule has 2 atom stereocenters. The Hall–Kier alpha value is -2.25. The quantitative estimate of drug-likeness (QED) is 0.721. The summed E-state index contributed by atoms with van der Waals surface area (Å²) in [6, 6.07) is 4.12. The lowest BCUT2D eigenvalue weighted by molar-refractivity contribution is -0.136. The molecule has 164 valence electrons. The average molecular weight is 439 g/mol. The molecular formula is C24H30N4O2S. The van der Waals surface area contributed by atoms with Crippen molar-refractivity contribution in [2.24, 2.45) is 5.92 Å². The van der Waals surface area contributed by atoms with Gasteiger partial charge in [-0.1, -0.05) is 18.2 Å². The number of aromatic amines is 1. The van der Waals surface area contributed by atoms with Crippen molar-refractivity contribution in [1.82, 2.24) is 19.8 Å². The van der Waals surface area contributed by atoms with E-state index >= 15 is 0 Å². The van der Waals surface area contributed by atoms with Gasteiger partial charge in [-0.15, -0.1) is 11.3 Å². The smallest absolute Gasteiger partial charge is 0.254 e. The second kappa shape index (κ2) is 9.09. The first-order chi connectivity index (χ1) is 15.2. The second-order valence-corrected chi connectivity index (χ2v) is 10.0. The van der Waals surface area contributed by atoms with Crippen LogP contribution in [0.15, 0.2) is 34.5 Å². The number of aromatic nitrogens is 2. The lowest BCUT2D eigenvalue weighted by Crippen LogP contribution is -2.41. The van der Waals surface area contributed by atoms with E-state index in [0.29, 0.717) is 24.7 Å². The molecule has 1 saturated heterocycles. The standard InChI is InChI=1S/C24H30N4O2S/c29-22(14-17-6-1-2-7-17)28-11-4-3-9-21(28)23-25-20-16-27(15-18-8-5-13-31-18)12-10-19(20)24(30)26-23/h1,5-6,8,13,17,21H,2-4,7,9-12,14-16H2,(H,25,26,30)/t17-,21+/m0/s1. The number of rotatable bonds is 5. The van der Waals surface area contributed by atoms with E-state index in [1.165, 1.54) is 4.88 Å². The van der Waals surface area contributed by atoms with Gasteiger partial charge < -0.3 is 9.88 Å². The highest BCUT2D eigenvalue weighted by molar-refractivity contribution is 7.09. The van der Waals surface area contributed by atoms with Crippen LogP contribution in [0.25, 0.3) is 0 Å². The summed E-state index contributed by atoms with van der Waals surface area (Å²) >= 11 is 1.76. The van der Waals surface area contributed by atoms with Crippen molar-refractivity contribution in [3.05, 3.63) is 62.0 Å². The molecule has 2 aliphatic heterocycles. The zero-order valence-electron chi connectivity index (χ0n) is 17.9. The molecule has 31 heavy (non-hydrogen) atoms. The summed E-state index contributed by atoms with van der Waals surface area (Å²) in [7, 11) is 0. The molecule has 0 saturated carbocycles. The zero-order chi connectivity index (χ0) is 21.2. The second-order valence-electron chi connectivity index (χ2n) is 8.98. The fourth-order valence-corrected chi connectivity index (χ4v) is 5.90. The van der Waals surface area contributed by atoms with E-state index in [1.807, 2.05) is 4.90 Å². The SMILES string of the molecule is O=C(C[C@H]1C=CCC1)N1CCCC[C@@H]1c1nc2c(c(=O)[nH]1)CCN(Cc1cccs1)C2. The first-order valence-electron chi connectivity index (χ1n) is 11.5. The van der Waals surface area contributed by atoms with Crippen molar-refractivity contribution in [1.29, 1.82) is 0 Å². The van der Waals surface area contributed by atoms with E-state index in [9.17, 15) is 9.59 Å². The Morgan fingerprint density at radius 3 is 3.00 bits per heavy atom. The van der Waals surface area contributed by atoms with E-state index in [1.54, 1.807) is 11.3 Å². The Kier molecular flexibility index (Phi) is 6.05. The molecule has 2 aromatic rings. The number of nitrogens with zero attached hydrogens (tertiary/aromatic N) is 3. The highest BCUT2D eigenvalue weighted by Gasteiger charge is 2.32. The zero-order valence-corrected chi connectivity index (χ0v) is 18.7. The normalized spacial score (nSPS) is 23.8. The number of nitrogens with one attached hydrogen (secondary N) is 1. The van der Waals surface area contributed by atoms with Gasteiger partial charge in [-0.2, -0.15) is 0 Å². The molecule has 0 spiro atoms. The maximum atomic E-state index is 13.1. The van der Waals surface area contributed by atoms with Crippen molar-refractivity contribution < 1.29 is 4.79 Å². The Balaban J connectivity index is 1.36. The van der Waals surface area contributed by atoms with Crippen molar-refractivity contribution in [3.63, 3.8) is 0 Å². The van der Waals surface area contributed by atoms with E-state index in [-0.39, 0.29) is 17.5 Å². The number of carbonyl (C=O) groups is 1. The molecule has 1 aliphatic carbocycles. The van der Waals surface area contributed by atoms with Gasteiger partial charge in [0.2, 0.25) is 5.91 Å². The number of likely N-dealkylation sites (tertiary alicyclic amines) is 1. The van der Waals surface area contributed by atoms with Crippen LogP contribution in [0.3, 0.4) is 0 Å². The monoisotopic (exact) mass is 438 g/mol. The number of hydrogen-bond acceptors (Lipinski definition) is 5. The largest absolute Gasteiger partial charge is 0.332 e. The average Bonchev–Trinajstić information content (AvgIpc) is 3.48. The van der Waals surface area contributed by atoms with Crippen LogP contribution >= 0.6 is 11.3 Å². The number of fused-ring (bicyclic) bond motifs is 1. The number of amides is 1. The van der Waals surface area contributed by atoms with Gasteiger partial charge in [-0.25, -0.2) is 4.98 Å². The lowest BCUT2D eigenvalue weighted by Gasteiger charge is -2.36. The van der Waals surface area contributed by atoms with Crippen molar-refractivity contribution in [3.8, 4) is 0 Å². The Labute approximate surface area is 187 Å². The Morgan fingerprint density at radius 2 is 2.19 bits per heavy atom. The molecule has 6 nitrogen and oxygen atoms in total. The molecule has 3 aliphatic rings. The van der Waals surface area contributed by atoms with Crippen LogP contribution in [0.4, 0.5) is 0 Å². The lowest BCUT2D eigenvalue weighted by atomic mass is 9.97. The predicted octanol–water partition coefficient (Wildman–Crippen LogP) is 3.80. The maximum Gasteiger partial charge on any atom is 0.254 e. The molecule has 1 fully saturated rings. The van der Waals surface area contributed by atoms with Crippen LogP contribution in [0.1, 0.15) is 66.5 Å². The molecule has 1 N–H and O–H groups in total. The topological polar surface area (TPSA) is 69.3 Å². The van der Waals surface area contributed by atoms with Gasteiger partial charge in [-0.05, 0) is 55.9 Å². The van der Waals surface area contributed by atoms with E-state index in [4.69, 9.17) is 4.98 Å². The van der Waals surface area contributed by atoms with Crippen LogP contribution in [0.5, 0.6) is 0 Å². The molecule has 7 heteroatoms. The summed E-state index contributed by atoms with van der Waals surface area (Å²) in [5.41, 5.74) is 1.68. The number of piperidine rings is 1. The maximum absolute atomic E-state index is 13.1. The van der Waals surface area contributed by atoms with Crippen molar-refractivity contribution in [2.45, 2.75) is 64.1 Å². The third kappa shape index (κ3) is 4.53. The molecule has 0 aromatic carbocycles. The molecule has 0 radical (unpaired) electrons. The number of thiophene rings is 1. The van der Waals surface area contributed by atoms with Crippen molar-refractivity contribution >= 4 is 17.2 Å². The van der Waals surface area contributed by atoms with Gasteiger partial charge in [-0.3, -0.25) is 14.5 Å². The fraction of sp³-hybridized carbons (Fsp3) is 0.542. The van der Waals surface area contributed by atoms with E-state index < -0.39 is 0 Å². The minimum absolute atomic E-state index is 0.0209. The first kappa shape index (κ1) is 20.6. The van der Waals surface area contributed by atoms with Crippen LogP contribution in [-0.2, 0) is 24.3 Å². The molecule has 1 amide bonds. The van der Waals surface area contributed by atoms with E-state index in [0.717, 1.165) is 69.4 Å². The third-order valence-electron chi connectivity index (χ3n) is 6.82. The Bertz CT molecular complexity index is 1010. The summed E-state index contributed by atoms with van der Waals surface area (Å²) in [5.74, 6) is 1.23. The summed E-state index contributed by atoms with van der Waals surface area (Å²) in [6.07, 6.45) is 10.7. The molecule has 2 aromatic heterocycles. The van der Waals surface area contributed by atoms with Gasteiger partial charge in [0, 0.05) is 43.0 Å². The van der Waals surface area contributed by atoms with Gasteiger partial charge in [0.25, 0.3) is 5.56 Å². The highest BCUT2D eigenvalue weighted by Crippen LogP contribution is 2.32. The van der Waals surface area contributed by atoms with Crippen molar-refractivity contribution in [2.75, 3.05) is 13.1 Å². The number of carbonyl (C=O) groups excluding carboxylic acids is 1. The summed E-state index contributed by atoms with van der Waals surface area (Å²) < 4.78 is 0. The summed E-state index contributed by atoms with van der Waals surface area (Å²) in [5, 5.41) is 2.10. The summed E-state index contributed by atoms with van der Waals surface area (Å²) in [4.78, 5) is 39.7. The Morgan fingerprint density at radius 1 is 1.26 bits per heavy atom. The van der Waals surface area contributed by atoms with Crippen LogP contribution in [0.2, 0.25) is 0 Å². The third-order valence-corrected chi connectivity index (χ3v) is 7.68. The number of allylic oxidation sites excluding steroid dienone is 2. The van der Waals surface area contributed by atoms with Gasteiger partial charge in [0.15, 0.2) is 0 Å². The van der Waals surface area contributed by atoms with Gasteiger partial charge in [0.1, 0.15) is 5.82 Å². The van der Waals surface area contributed by atoms with E-state index in [2.05, 4.69) is 39.5 Å². The number of H-pyrrole nitrogens is 1. The highest BCUT2D eigenvalue weighted by atomic mass is 32.1. The molecule has 0 bridgehead atoms. The van der Waals surface area contributed by atoms with Gasteiger partial charge >= 0.3 is 0 Å². The number of hydrogen-bond donors (Lipinski definition) is 1. The fourth-order valence-electron chi connectivity index (χ4n) is 5.15. The van der Waals surface area contributed by atoms with Gasteiger partial charge in [0.05, 0.1) is 11.7 Å².